The van der Waals surface area contributed by atoms with Crippen LogP contribution in [0.4, 0.5) is 11.5 Å². The molecule has 8 nitrogen and oxygen atoms in total. The van der Waals surface area contributed by atoms with Crippen LogP contribution in [0.5, 0.6) is 0 Å². The lowest BCUT2D eigenvalue weighted by Gasteiger charge is -2.32. The smallest absolute Gasteiger partial charge is 0.276 e. The van der Waals surface area contributed by atoms with Crippen LogP contribution in [0.1, 0.15) is 21.6 Å². The third-order valence-electron chi connectivity index (χ3n) is 5.66. The molecule has 2 aromatic carbocycles. The minimum Gasteiger partial charge on any atom is -0.351 e. The summed E-state index contributed by atoms with van der Waals surface area (Å²) in [5.41, 5.74) is 3.46. The van der Waals surface area contributed by atoms with Gasteiger partial charge in [-0.15, -0.1) is 5.10 Å². The topological polar surface area (TPSA) is 111 Å². The number of hydrogen-bond donors (Lipinski definition) is 3. The first-order chi connectivity index (χ1) is 15.9. The molecule has 2 aromatic heterocycles. The number of fused-ring (bicyclic) bond motifs is 2. The van der Waals surface area contributed by atoms with Crippen LogP contribution in [0, 0.1) is 6.92 Å². The molecule has 1 aliphatic heterocycles. The van der Waals surface area contributed by atoms with Crippen LogP contribution in [-0.4, -0.2) is 42.5 Å². The largest absolute Gasteiger partial charge is 0.351 e. The molecule has 0 fully saturated rings. The van der Waals surface area contributed by atoms with Gasteiger partial charge in [0.1, 0.15) is 5.82 Å². The number of nitrogens with one attached hydrogen (secondary N) is 1. The van der Waals surface area contributed by atoms with E-state index < -0.39 is 10.6 Å². The molecule has 4 aromatic rings. The Labute approximate surface area is 192 Å². The zero-order chi connectivity index (χ0) is 23.0. The van der Waals surface area contributed by atoms with Crippen LogP contribution >= 0.6 is 10.6 Å². The molecule has 0 spiro atoms. The number of carbonyl (C=O) groups is 1. The summed E-state index contributed by atoms with van der Waals surface area (Å²) in [4.78, 5) is 20.3. The molecule has 1 amide bonds. The fourth-order valence-corrected chi connectivity index (χ4v) is 5.52. The van der Waals surface area contributed by atoms with E-state index in [1.54, 1.807) is 18.2 Å². The van der Waals surface area contributed by atoms with Gasteiger partial charge in [0.15, 0.2) is 5.69 Å². The summed E-state index contributed by atoms with van der Waals surface area (Å²) >= 11 is 0. The minimum absolute atomic E-state index is 0.207. The van der Waals surface area contributed by atoms with Crippen LogP contribution in [-0.2, 0) is 6.54 Å². The first-order valence-corrected chi connectivity index (χ1v) is 12.2. The fraction of sp³-hybridized carbons (Fsp3) is 0.167. The monoisotopic (exact) mass is 461 g/mol. The van der Waals surface area contributed by atoms with E-state index in [2.05, 4.69) is 15.5 Å². The van der Waals surface area contributed by atoms with Gasteiger partial charge < -0.3 is 10.2 Å². The van der Waals surface area contributed by atoms with Crippen molar-refractivity contribution in [3.05, 3.63) is 83.7 Å². The molecule has 0 aliphatic carbocycles. The second-order valence-corrected chi connectivity index (χ2v) is 10.2. The van der Waals surface area contributed by atoms with Gasteiger partial charge in [-0.05, 0) is 42.8 Å². The summed E-state index contributed by atoms with van der Waals surface area (Å²) in [7, 11) is -2.89. The molecule has 0 saturated heterocycles. The predicted molar refractivity (Wildman–Crippen MR) is 130 cm³/mol. The summed E-state index contributed by atoms with van der Waals surface area (Å²) in [5.74, 6) is 0.491. The molecule has 0 atom stereocenters. The zero-order valence-electron chi connectivity index (χ0n) is 18.0. The van der Waals surface area contributed by atoms with Crippen molar-refractivity contribution in [1.29, 1.82) is 0 Å². The highest BCUT2D eigenvalue weighted by Crippen LogP contribution is 2.51. The summed E-state index contributed by atoms with van der Waals surface area (Å²) in [6, 6.07) is 18.4. The van der Waals surface area contributed by atoms with E-state index in [0.29, 0.717) is 29.5 Å². The van der Waals surface area contributed by atoms with E-state index in [9.17, 15) is 13.9 Å². The molecular weight excluding hydrogens is 438 g/mol. The molecule has 3 N–H and O–H groups in total. The van der Waals surface area contributed by atoms with Gasteiger partial charge in [0.2, 0.25) is 0 Å². The molecule has 168 valence electrons. The minimum atomic E-state index is -2.89. The maximum absolute atomic E-state index is 12.8. The van der Waals surface area contributed by atoms with Crippen molar-refractivity contribution in [2.45, 2.75) is 18.4 Å². The average Bonchev–Trinajstić information content (AvgIpc) is 2.96. The van der Waals surface area contributed by atoms with E-state index in [4.69, 9.17) is 4.98 Å². The van der Waals surface area contributed by atoms with E-state index in [-0.39, 0.29) is 17.4 Å². The van der Waals surface area contributed by atoms with Gasteiger partial charge in [-0.1, -0.05) is 29.8 Å². The Kier molecular flexibility index (Phi) is 5.45. The number of rotatable bonds is 3. The van der Waals surface area contributed by atoms with Gasteiger partial charge in [-0.25, -0.2) is 4.98 Å². The standard InChI is InChI=1S/C24H23N5O3S/c1-16-8-9-19-18(13-16)21(27-24(30)20-6-4-10-25-28-20)14-23(26-19)29-11-12-33(31,32)22-7-3-2-5-17(22)15-29/h2-10,13-14,31-32H,11-12,15H2,1H3,(H,26,27,30). The molecule has 1 aliphatic rings. The Balaban J connectivity index is 1.57. The molecule has 0 radical (unpaired) electrons. The number of aromatic nitrogens is 3. The second-order valence-electron chi connectivity index (χ2n) is 8.01. The third-order valence-corrected chi connectivity index (χ3v) is 7.51. The number of nitrogens with zero attached hydrogens (tertiary/aromatic N) is 4. The van der Waals surface area contributed by atoms with Crippen molar-refractivity contribution in [2.24, 2.45) is 0 Å². The Morgan fingerprint density at radius 1 is 1.09 bits per heavy atom. The highest BCUT2D eigenvalue weighted by molar-refractivity contribution is 8.24. The van der Waals surface area contributed by atoms with Gasteiger partial charge in [-0.3, -0.25) is 13.9 Å². The van der Waals surface area contributed by atoms with Gasteiger partial charge in [0.05, 0.1) is 21.9 Å². The number of carbonyl (C=O) groups excluding carboxylic acids is 1. The Morgan fingerprint density at radius 2 is 1.94 bits per heavy atom. The summed E-state index contributed by atoms with van der Waals surface area (Å²) in [6.45, 7) is 2.88. The lowest BCUT2D eigenvalue weighted by molar-refractivity contribution is 0.102. The van der Waals surface area contributed by atoms with Crippen LogP contribution in [0.3, 0.4) is 0 Å². The molecule has 5 rings (SSSR count). The SMILES string of the molecule is Cc1ccc2nc(N3CCS(O)(O)c4ccccc4C3)cc(NC(=O)c3cccnn3)c2c1. The third kappa shape index (κ3) is 4.25. The Bertz CT molecular complexity index is 1350. The number of amides is 1. The maximum Gasteiger partial charge on any atom is 0.276 e. The van der Waals surface area contributed by atoms with Crippen molar-refractivity contribution < 1.29 is 13.9 Å². The number of anilines is 2. The number of benzene rings is 2. The maximum atomic E-state index is 12.8. The first-order valence-electron chi connectivity index (χ1n) is 10.5. The van der Waals surface area contributed by atoms with Crippen LogP contribution in [0.15, 0.2) is 71.8 Å². The second kappa shape index (κ2) is 8.43. The highest BCUT2D eigenvalue weighted by atomic mass is 32.3. The molecule has 33 heavy (non-hydrogen) atoms. The lowest BCUT2D eigenvalue weighted by atomic mass is 10.1. The number of hydrogen-bond acceptors (Lipinski definition) is 7. The number of aryl methyl sites for hydroxylation is 1. The molecule has 0 bridgehead atoms. The van der Waals surface area contributed by atoms with E-state index in [1.807, 2.05) is 54.3 Å². The molecule has 0 saturated carbocycles. The van der Waals surface area contributed by atoms with Gasteiger partial charge in [0.25, 0.3) is 5.91 Å². The predicted octanol–water partition coefficient (Wildman–Crippen LogP) is 4.72. The average molecular weight is 462 g/mol. The summed E-state index contributed by atoms with van der Waals surface area (Å²) in [5, 5.41) is 11.5. The molecular formula is C24H23N5O3S. The van der Waals surface area contributed by atoms with Gasteiger partial charge in [-0.2, -0.15) is 15.7 Å². The van der Waals surface area contributed by atoms with Gasteiger partial charge >= 0.3 is 0 Å². The summed E-state index contributed by atoms with van der Waals surface area (Å²) in [6.07, 6.45) is 1.52. The van der Waals surface area contributed by atoms with Crippen molar-refractivity contribution in [3.63, 3.8) is 0 Å². The van der Waals surface area contributed by atoms with Crippen molar-refractivity contribution in [2.75, 3.05) is 22.5 Å². The fourth-order valence-electron chi connectivity index (χ4n) is 3.98. The zero-order valence-corrected chi connectivity index (χ0v) is 18.8. The van der Waals surface area contributed by atoms with E-state index >= 15 is 0 Å². The Morgan fingerprint density at radius 3 is 2.76 bits per heavy atom. The molecule has 3 heterocycles. The highest BCUT2D eigenvalue weighted by Gasteiger charge is 2.27. The van der Waals surface area contributed by atoms with Gasteiger partial charge in [0, 0.05) is 30.7 Å². The van der Waals surface area contributed by atoms with E-state index in [0.717, 1.165) is 22.0 Å². The van der Waals surface area contributed by atoms with Crippen molar-refractivity contribution in [1.82, 2.24) is 15.2 Å². The molecule has 9 heteroatoms. The normalized spacial score (nSPS) is 16.0. The van der Waals surface area contributed by atoms with Crippen LogP contribution < -0.4 is 10.2 Å². The Hall–Kier alpha value is -3.53. The summed E-state index contributed by atoms with van der Waals surface area (Å²) < 4.78 is 21.4. The van der Waals surface area contributed by atoms with Crippen LogP contribution in [0.25, 0.3) is 10.9 Å². The lowest BCUT2D eigenvalue weighted by Crippen LogP contribution is -2.26. The molecule has 0 unspecified atom stereocenters. The van der Waals surface area contributed by atoms with E-state index in [1.165, 1.54) is 6.20 Å². The first kappa shape index (κ1) is 21.3. The van der Waals surface area contributed by atoms with Crippen molar-refractivity contribution in [3.8, 4) is 0 Å². The van der Waals surface area contributed by atoms with Crippen molar-refractivity contribution >= 4 is 38.9 Å². The number of pyridine rings is 1. The quantitative estimate of drug-likeness (QED) is 0.405. The van der Waals surface area contributed by atoms with Crippen LogP contribution in [0.2, 0.25) is 0 Å².